The van der Waals surface area contributed by atoms with Crippen LogP contribution in [0, 0.1) is 0 Å². The summed E-state index contributed by atoms with van der Waals surface area (Å²) in [5.41, 5.74) is 1.34. The monoisotopic (exact) mass is 227 g/mol. The van der Waals surface area contributed by atoms with Crippen molar-refractivity contribution in [2.45, 2.75) is 25.4 Å². The Bertz CT molecular complexity index is 278. The lowest BCUT2D eigenvalue weighted by atomic mass is 10.2. The molecule has 0 spiro atoms. The van der Waals surface area contributed by atoms with Gasteiger partial charge in [-0.15, -0.1) is 12.4 Å². The summed E-state index contributed by atoms with van der Waals surface area (Å²) in [7, 11) is 0. The second-order valence-electron chi connectivity index (χ2n) is 3.93. The fourth-order valence-electron chi connectivity index (χ4n) is 2.13. The van der Waals surface area contributed by atoms with Crippen molar-refractivity contribution in [2.75, 3.05) is 13.2 Å². The van der Waals surface area contributed by atoms with Gasteiger partial charge in [-0.2, -0.15) is 0 Å². The Labute approximate surface area is 97.3 Å². The molecule has 1 aromatic carbocycles. The van der Waals surface area contributed by atoms with Crippen LogP contribution < -0.4 is 0 Å². The van der Waals surface area contributed by atoms with Crippen LogP contribution in [0.25, 0.3) is 0 Å². The lowest BCUT2D eigenvalue weighted by Crippen LogP contribution is -2.31. The number of rotatable bonds is 3. The van der Waals surface area contributed by atoms with E-state index in [2.05, 4.69) is 29.2 Å². The Morgan fingerprint density at radius 1 is 1.27 bits per heavy atom. The normalized spacial score (nSPS) is 21.3. The van der Waals surface area contributed by atoms with Crippen molar-refractivity contribution in [3.63, 3.8) is 0 Å². The third kappa shape index (κ3) is 3.20. The van der Waals surface area contributed by atoms with E-state index in [0.29, 0.717) is 12.6 Å². The van der Waals surface area contributed by atoms with Gasteiger partial charge in [-0.3, -0.25) is 4.90 Å². The third-order valence-corrected chi connectivity index (χ3v) is 2.94. The van der Waals surface area contributed by atoms with E-state index in [4.69, 9.17) is 0 Å². The molecule has 0 saturated carbocycles. The van der Waals surface area contributed by atoms with Crippen molar-refractivity contribution in [1.29, 1.82) is 0 Å². The number of aliphatic hydroxyl groups is 1. The van der Waals surface area contributed by atoms with Crippen LogP contribution in [0.2, 0.25) is 0 Å². The third-order valence-electron chi connectivity index (χ3n) is 2.94. The first-order valence-electron chi connectivity index (χ1n) is 5.29. The van der Waals surface area contributed by atoms with Crippen LogP contribution in [-0.4, -0.2) is 29.2 Å². The topological polar surface area (TPSA) is 23.5 Å². The van der Waals surface area contributed by atoms with Crippen LogP contribution >= 0.6 is 12.4 Å². The SMILES string of the molecule is Cl.OCC1CCCN1Cc1ccccc1. The predicted molar refractivity (Wildman–Crippen MR) is 64.2 cm³/mol. The summed E-state index contributed by atoms with van der Waals surface area (Å²) in [5.74, 6) is 0. The molecule has 1 heterocycles. The van der Waals surface area contributed by atoms with Gasteiger partial charge in [0.1, 0.15) is 0 Å². The number of benzene rings is 1. The molecule has 0 radical (unpaired) electrons. The van der Waals surface area contributed by atoms with E-state index in [1.54, 1.807) is 0 Å². The summed E-state index contributed by atoms with van der Waals surface area (Å²) in [6.07, 6.45) is 2.36. The van der Waals surface area contributed by atoms with Crippen LogP contribution in [-0.2, 0) is 6.54 Å². The molecular formula is C12H18ClNO. The van der Waals surface area contributed by atoms with Crippen molar-refractivity contribution in [1.82, 2.24) is 4.90 Å². The van der Waals surface area contributed by atoms with Gasteiger partial charge in [-0.05, 0) is 24.9 Å². The molecule has 84 valence electrons. The standard InChI is InChI=1S/C12H17NO.ClH/c14-10-12-7-4-8-13(12)9-11-5-2-1-3-6-11;/h1-3,5-6,12,14H,4,7-10H2;1H. The fourth-order valence-corrected chi connectivity index (χ4v) is 2.13. The van der Waals surface area contributed by atoms with Gasteiger partial charge < -0.3 is 5.11 Å². The Morgan fingerprint density at radius 3 is 2.67 bits per heavy atom. The molecule has 1 fully saturated rings. The molecule has 1 atom stereocenters. The molecule has 1 aliphatic rings. The molecule has 0 aliphatic carbocycles. The quantitative estimate of drug-likeness (QED) is 0.855. The molecule has 1 N–H and O–H groups in total. The molecule has 2 rings (SSSR count). The first-order chi connectivity index (χ1) is 6.90. The van der Waals surface area contributed by atoms with Gasteiger partial charge in [-0.25, -0.2) is 0 Å². The zero-order valence-corrected chi connectivity index (χ0v) is 9.62. The van der Waals surface area contributed by atoms with E-state index >= 15 is 0 Å². The van der Waals surface area contributed by atoms with Gasteiger partial charge in [0, 0.05) is 12.6 Å². The van der Waals surface area contributed by atoms with Gasteiger partial charge in [0.2, 0.25) is 0 Å². The average molecular weight is 228 g/mol. The lowest BCUT2D eigenvalue weighted by Gasteiger charge is -2.22. The lowest BCUT2D eigenvalue weighted by molar-refractivity contribution is 0.153. The number of aliphatic hydroxyl groups excluding tert-OH is 1. The van der Waals surface area contributed by atoms with Crippen LogP contribution in [0.4, 0.5) is 0 Å². The van der Waals surface area contributed by atoms with Crippen LogP contribution in [0.3, 0.4) is 0 Å². The summed E-state index contributed by atoms with van der Waals surface area (Å²) >= 11 is 0. The molecule has 15 heavy (non-hydrogen) atoms. The number of nitrogens with zero attached hydrogens (tertiary/aromatic N) is 1. The van der Waals surface area contributed by atoms with E-state index in [0.717, 1.165) is 19.5 Å². The minimum atomic E-state index is 0. The smallest absolute Gasteiger partial charge is 0.0587 e. The highest BCUT2D eigenvalue weighted by atomic mass is 35.5. The van der Waals surface area contributed by atoms with E-state index in [1.165, 1.54) is 12.0 Å². The molecular weight excluding hydrogens is 210 g/mol. The number of likely N-dealkylation sites (tertiary alicyclic amines) is 1. The highest BCUT2D eigenvalue weighted by Gasteiger charge is 2.23. The first kappa shape index (κ1) is 12.5. The molecule has 1 saturated heterocycles. The molecule has 2 nitrogen and oxygen atoms in total. The Hall–Kier alpha value is -0.570. The van der Waals surface area contributed by atoms with Crippen molar-refractivity contribution >= 4 is 12.4 Å². The predicted octanol–water partition coefficient (Wildman–Crippen LogP) is 2.07. The van der Waals surface area contributed by atoms with Crippen LogP contribution in [0.5, 0.6) is 0 Å². The summed E-state index contributed by atoms with van der Waals surface area (Å²) in [5, 5.41) is 9.17. The maximum absolute atomic E-state index is 9.17. The zero-order chi connectivity index (χ0) is 9.80. The highest BCUT2D eigenvalue weighted by Crippen LogP contribution is 2.19. The molecule has 1 aromatic rings. The maximum atomic E-state index is 9.17. The summed E-state index contributed by atoms with van der Waals surface area (Å²) < 4.78 is 0. The zero-order valence-electron chi connectivity index (χ0n) is 8.80. The van der Waals surface area contributed by atoms with Crippen molar-refractivity contribution < 1.29 is 5.11 Å². The summed E-state index contributed by atoms with van der Waals surface area (Å²) in [6, 6.07) is 10.9. The summed E-state index contributed by atoms with van der Waals surface area (Å²) in [6.45, 7) is 2.40. The molecule has 0 aromatic heterocycles. The molecule has 0 bridgehead atoms. The molecule has 3 heteroatoms. The summed E-state index contributed by atoms with van der Waals surface area (Å²) in [4.78, 5) is 2.37. The number of hydrogen-bond donors (Lipinski definition) is 1. The minimum Gasteiger partial charge on any atom is -0.395 e. The Kier molecular flexibility index (Phi) is 5.09. The van der Waals surface area contributed by atoms with Crippen LogP contribution in [0.15, 0.2) is 30.3 Å². The van der Waals surface area contributed by atoms with Gasteiger partial charge in [0.15, 0.2) is 0 Å². The molecule has 1 unspecified atom stereocenters. The van der Waals surface area contributed by atoms with Gasteiger partial charge in [-0.1, -0.05) is 30.3 Å². The van der Waals surface area contributed by atoms with E-state index in [9.17, 15) is 5.11 Å². The fraction of sp³-hybridized carbons (Fsp3) is 0.500. The van der Waals surface area contributed by atoms with Gasteiger partial charge in [0.05, 0.1) is 6.61 Å². The van der Waals surface area contributed by atoms with Crippen molar-refractivity contribution in [3.05, 3.63) is 35.9 Å². The van der Waals surface area contributed by atoms with E-state index in [-0.39, 0.29) is 12.4 Å². The van der Waals surface area contributed by atoms with Crippen molar-refractivity contribution in [2.24, 2.45) is 0 Å². The second-order valence-corrected chi connectivity index (χ2v) is 3.93. The first-order valence-corrected chi connectivity index (χ1v) is 5.29. The van der Waals surface area contributed by atoms with Gasteiger partial charge in [0.25, 0.3) is 0 Å². The Balaban J connectivity index is 0.00000112. The number of hydrogen-bond acceptors (Lipinski definition) is 2. The average Bonchev–Trinajstić information content (AvgIpc) is 2.67. The largest absolute Gasteiger partial charge is 0.395 e. The Morgan fingerprint density at radius 2 is 2.00 bits per heavy atom. The minimum absolute atomic E-state index is 0. The van der Waals surface area contributed by atoms with Crippen molar-refractivity contribution in [3.8, 4) is 0 Å². The highest BCUT2D eigenvalue weighted by molar-refractivity contribution is 5.85. The molecule has 0 amide bonds. The molecule has 1 aliphatic heterocycles. The van der Waals surface area contributed by atoms with E-state index in [1.807, 2.05) is 6.07 Å². The van der Waals surface area contributed by atoms with Gasteiger partial charge >= 0.3 is 0 Å². The van der Waals surface area contributed by atoms with E-state index < -0.39 is 0 Å². The number of halogens is 1. The maximum Gasteiger partial charge on any atom is 0.0587 e. The van der Waals surface area contributed by atoms with Crippen LogP contribution in [0.1, 0.15) is 18.4 Å². The second kappa shape index (κ2) is 6.11.